The van der Waals surface area contributed by atoms with E-state index in [1.165, 1.54) is 20.8 Å². The number of ether oxygens (including phenoxy) is 17. The monoisotopic (exact) mass is 1940 g/mol. The molecule has 43 nitrogen and oxygen atoms in total. The molecular weight excluding hydrogens is 1790 g/mol. The van der Waals surface area contributed by atoms with Crippen LogP contribution in [0, 0.1) is 50.2 Å². The zero-order valence-corrected chi connectivity index (χ0v) is 78.6. The largest absolute Gasteiger partial charge is 0.479 e. The van der Waals surface area contributed by atoms with Crippen LogP contribution in [0.5, 0.6) is 0 Å². The van der Waals surface area contributed by atoms with Crippen molar-refractivity contribution in [2.75, 3.05) is 26.4 Å². The molecule has 12 fully saturated rings. The molecular formula is C92H150O43. The summed E-state index contributed by atoms with van der Waals surface area (Å²) in [6.45, 7) is 18.6. The molecule has 22 N–H and O–H groups in total. The van der Waals surface area contributed by atoms with E-state index in [2.05, 4.69) is 54.5 Å². The van der Waals surface area contributed by atoms with E-state index in [-0.39, 0.29) is 49.9 Å². The van der Waals surface area contributed by atoms with Gasteiger partial charge >= 0.3 is 17.9 Å². The predicted octanol–water partition coefficient (Wildman–Crippen LogP) is -3.13. The predicted molar refractivity (Wildman–Crippen MR) is 455 cm³/mol. The van der Waals surface area contributed by atoms with Gasteiger partial charge in [0.1, 0.15) is 152 Å². The number of aliphatic hydroxyl groups excluding tert-OH is 21. The summed E-state index contributed by atoms with van der Waals surface area (Å²) in [5.74, 6) is -4.45. The highest BCUT2D eigenvalue weighted by Gasteiger charge is 2.73. The first-order chi connectivity index (χ1) is 63.5. The Morgan fingerprint density at radius 3 is 1.61 bits per heavy atom. The molecule has 8 aliphatic heterocycles. The zero-order chi connectivity index (χ0) is 98.7. The minimum Gasteiger partial charge on any atom is -0.479 e. The van der Waals surface area contributed by atoms with Gasteiger partial charge in [-0.05, 0) is 156 Å². The van der Waals surface area contributed by atoms with Crippen molar-refractivity contribution in [3.8, 4) is 0 Å². The van der Waals surface area contributed by atoms with Gasteiger partial charge in [0.05, 0.1) is 69.0 Å². The molecule has 1 unspecified atom stereocenters. The van der Waals surface area contributed by atoms with Crippen molar-refractivity contribution in [3.05, 3.63) is 11.6 Å². The van der Waals surface area contributed by atoms with Crippen molar-refractivity contribution in [2.24, 2.45) is 50.2 Å². The molecule has 776 valence electrons. The fourth-order valence-electron chi connectivity index (χ4n) is 24.3. The van der Waals surface area contributed by atoms with Crippen LogP contribution >= 0.6 is 0 Å². The van der Waals surface area contributed by atoms with Gasteiger partial charge in [0.15, 0.2) is 62.3 Å². The van der Waals surface area contributed by atoms with Crippen molar-refractivity contribution in [2.45, 2.75) is 463 Å². The molecule has 5 aliphatic carbocycles. The van der Waals surface area contributed by atoms with Crippen molar-refractivity contribution < 1.29 is 212 Å². The lowest BCUT2D eigenvalue weighted by Gasteiger charge is -2.71. The number of carbonyl (C=O) groups is 4. The Bertz CT molecular complexity index is 3920. The first-order valence-electron chi connectivity index (χ1n) is 48.2. The Balaban J connectivity index is 0.776. The maximum absolute atomic E-state index is 16.6. The Hall–Kier alpha value is -3.62. The van der Waals surface area contributed by atoms with Crippen LogP contribution in [0.3, 0.4) is 0 Å². The van der Waals surface area contributed by atoms with E-state index in [1.54, 1.807) is 6.92 Å². The zero-order valence-electron chi connectivity index (χ0n) is 78.6. The molecule has 0 radical (unpaired) electrons. The van der Waals surface area contributed by atoms with E-state index < -0.39 is 334 Å². The maximum atomic E-state index is 16.6. The number of aliphatic hydroxyl groups is 21. The van der Waals surface area contributed by atoms with Gasteiger partial charge in [-0.2, -0.15) is 0 Å². The fourth-order valence-corrected chi connectivity index (χ4v) is 24.3. The highest BCUT2D eigenvalue weighted by atomic mass is 16.8. The number of carboxylic acid groups (broad SMARTS) is 1. The SMILES string of the molecule is C[C@@H]1O[C@@H](OCCCCCCC(=O)CCCCCCC(CC(=O)O[C@@H]2[C@H](O)[C@@H](O[C@@H]3O[C@@H](C)[C@H](O[C@@H]4OC[C@@H](O)[C@H](O)[C@H]4O)[C@@H](O)[C@H]3O[C@@H]3OC[C@H](O)[C@H](O)[C@H]3O[C@@H]3O[C@H](CO)[C@H](O)[C@H](O)[C@H]3O)[C@H](OC(=O)[C@]34CCC(C)(C)C[C@H]3C3=CC[C@@H]5[C@@]6(C)CC[C@H](O[C@@H]7O[C@H](C(=O)O)[C@H](O)[C@H](O)[C@H]7O)C(C)(C)[C@@H]6CC[C@@]5(C)[C@]3(C)C[C@H]4O)O[C@@H]2C)O[C@@H]2O[C@@H](C)[C@H](O)[C@@H](O)[C@H]2O)[C@H](O)[C@H](O)[C@H]1O. The Morgan fingerprint density at radius 1 is 0.444 bits per heavy atom. The van der Waals surface area contributed by atoms with Crippen LogP contribution in [0.4, 0.5) is 0 Å². The highest BCUT2D eigenvalue weighted by molar-refractivity contribution is 5.80. The number of carboxylic acids is 1. The normalized spacial score (nSPS) is 49.0. The third-order valence-electron chi connectivity index (χ3n) is 32.7. The molecule has 48 atom stereocenters. The van der Waals surface area contributed by atoms with Crippen LogP contribution in [0.15, 0.2) is 11.6 Å². The van der Waals surface area contributed by atoms with Gasteiger partial charge in [0.2, 0.25) is 6.29 Å². The number of rotatable bonds is 34. The number of esters is 2. The summed E-state index contributed by atoms with van der Waals surface area (Å²) in [7, 11) is 0. The number of fused-ring (bicyclic) bond motifs is 7. The lowest BCUT2D eigenvalue weighted by molar-refractivity contribution is -0.404. The van der Waals surface area contributed by atoms with Crippen molar-refractivity contribution in [1.29, 1.82) is 0 Å². The molecule has 0 aromatic carbocycles. The molecule has 4 saturated carbocycles. The Kier molecular flexibility index (Phi) is 35.5. The number of aliphatic carboxylic acids is 1. The van der Waals surface area contributed by atoms with E-state index in [0.717, 1.165) is 5.57 Å². The average Bonchev–Trinajstić information content (AvgIpc) is 0.668. The number of carbonyl (C=O) groups excluding carboxylic acids is 3. The van der Waals surface area contributed by atoms with Crippen molar-refractivity contribution >= 4 is 23.7 Å². The minimum atomic E-state index is -2.22. The summed E-state index contributed by atoms with van der Waals surface area (Å²) in [5.41, 5.74) is -3.81. The average molecular weight is 1940 g/mol. The standard InChI is InChI=1S/C92H150O43/c1-38-54(99)59(104)65(110)78(122-38)119-31-19-15-14-17-21-42(94)20-16-12-13-18-22-43(126-80-66(111)60(105)55(100)39(2)123-80)32-53(98)129-71-40(3)125-85(76(69(71)114)134-84-75(70(115)72(41(4)124-84)130-79-64(109)56(101)46(95)36-120-79)133-83-74(57(102)47(96)37-121-83)132-81-67(112)61(106)58(103)48(35-93)127-81)135-86(118)92-30-29-87(5,6)33-45(92)44-23-24-50-89(9)27-26-52(128-82-68(113)62(107)63(108)73(131-82)77(116)117)88(7,8)49(89)25-28-90(50,10)91(44,11)34-51(92)97/h23,38-41,43,45-52,54-76,78-85,93,95-97,99-115H,12-22,24-37H2,1-11H3,(H,116,117)/t38-,39-,40+,41-,43?,45-,46+,47-,48+,49-,50+,51+,52-,54-,55-,56-,57-,58-,59+,60+,61-,62-,63+,64+,65+,66+,67+,68+,69-,70+,71-,72-,73-,74+,75+,76+,78+,79-,80-,81-,82+,83-,84-,85-,89-,90+,91+,92+/m0/s1. The molecule has 13 aliphatic rings. The van der Waals surface area contributed by atoms with Crippen molar-refractivity contribution in [3.63, 3.8) is 0 Å². The molecule has 43 heteroatoms. The molecule has 0 spiro atoms. The van der Waals surface area contributed by atoms with E-state index >= 15 is 9.59 Å². The lowest BCUT2D eigenvalue weighted by Crippen LogP contribution is -2.69. The summed E-state index contributed by atoms with van der Waals surface area (Å²) in [6, 6.07) is 0. The third-order valence-corrected chi connectivity index (χ3v) is 32.7. The number of hydrogen-bond acceptors (Lipinski definition) is 42. The van der Waals surface area contributed by atoms with Crippen LogP contribution in [-0.4, -0.2) is 414 Å². The summed E-state index contributed by atoms with van der Waals surface area (Å²) in [4.78, 5) is 56.9. The van der Waals surface area contributed by atoms with Crippen LogP contribution in [0.25, 0.3) is 0 Å². The molecule has 13 rings (SSSR count). The van der Waals surface area contributed by atoms with Crippen LogP contribution < -0.4 is 0 Å². The van der Waals surface area contributed by atoms with Gasteiger partial charge in [-0.3, -0.25) is 14.4 Å². The molecule has 0 amide bonds. The summed E-state index contributed by atoms with van der Waals surface area (Å²) >= 11 is 0. The van der Waals surface area contributed by atoms with Crippen LogP contribution in [0.2, 0.25) is 0 Å². The van der Waals surface area contributed by atoms with Gasteiger partial charge in [-0.25, -0.2) is 4.79 Å². The molecule has 0 bridgehead atoms. The minimum absolute atomic E-state index is 0.0345. The van der Waals surface area contributed by atoms with Gasteiger partial charge in [0, 0.05) is 19.4 Å². The topological polar surface area (TPSA) is 670 Å². The molecule has 8 saturated heterocycles. The van der Waals surface area contributed by atoms with Crippen molar-refractivity contribution in [1.82, 2.24) is 0 Å². The van der Waals surface area contributed by atoms with E-state index in [1.807, 2.05) is 0 Å². The first-order valence-corrected chi connectivity index (χ1v) is 48.2. The smallest absolute Gasteiger partial charge is 0.335 e. The lowest BCUT2D eigenvalue weighted by atomic mass is 9.33. The summed E-state index contributed by atoms with van der Waals surface area (Å²) in [6.07, 6.45) is -60.4. The number of ketones is 1. The van der Waals surface area contributed by atoms with Crippen LogP contribution in [0.1, 0.15) is 211 Å². The molecule has 135 heavy (non-hydrogen) atoms. The van der Waals surface area contributed by atoms with Gasteiger partial charge < -0.3 is 193 Å². The maximum Gasteiger partial charge on any atom is 0.335 e. The highest BCUT2D eigenvalue weighted by Crippen LogP contribution is 2.76. The second kappa shape index (κ2) is 44.1. The van der Waals surface area contributed by atoms with Gasteiger partial charge in [-0.1, -0.05) is 92.2 Å². The number of Topliss-reactive ketones (excluding diaryl/α,β-unsaturated/α-hetero) is 1. The number of unbranched alkanes of at least 4 members (excludes halogenated alkanes) is 6. The second-order valence-electron chi connectivity index (χ2n) is 42.4. The van der Waals surface area contributed by atoms with E-state index in [4.69, 9.17) is 80.5 Å². The van der Waals surface area contributed by atoms with E-state index in [0.29, 0.717) is 103 Å². The summed E-state index contributed by atoms with van der Waals surface area (Å²) < 4.78 is 104. The third kappa shape index (κ3) is 22.0. The Labute approximate surface area is 783 Å². The molecule has 0 aromatic heterocycles. The second-order valence-corrected chi connectivity index (χ2v) is 42.4. The molecule has 0 aromatic rings. The quantitative estimate of drug-likeness (QED) is 0.0131. The fraction of sp³-hybridized carbons (Fsp3) is 0.935. The van der Waals surface area contributed by atoms with Gasteiger partial charge in [-0.15, -0.1) is 0 Å². The van der Waals surface area contributed by atoms with Crippen LogP contribution in [-0.2, 0) is 99.7 Å². The van der Waals surface area contributed by atoms with Gasteiger partial charge in [0.25, 0.3) is 0 Å². The number of hydrogen-bond donors (Lipinski definition) is 22. The molecule has 8 heterocycles. The Morgan fingerprint density at radius 2 is 0.963 bits per heavy atom. The summed E-state index contributed by atoms with van der Waals surface area (Å²) in [5, 5.41) is 244. The van der Waals surface area contributed by atoms with E-state index in [9.17, 15) is 122 Å². The number of allylic oxidation sites excluding steroid dienone is 2. The first kappa shape index (κ1) is 109.